The molecule has 0 aliphatic carbocycles. The van der Waals surface area contributed by atoms with Gasteiger partial charge in [-0.1, -0.05) is 58.4 Å². The van der Waals surface area contributed by atoms with Gasteiger partial charge in [0.05, 0.1) is 23.6 Å². The summed E-state index contributed by atoms with van der Waals surface area (Å²) in [6.45, 7) is 0. The van der Waals surface area contributed by atoms with E-state index in [0.29, 0.717) is 38.9 Å². The first-order valence-electron chi connectivity index (χ1n) is 9.75. The number of rotatable bonds is 3. The third kappa shape index (κ3) is 3.27. The maximum atomic E-state index is 13.5. The number of benzene rings is 4. The van der Waals surface area contributed by atoms with Crippen molar-refractivity contribution in [3.05, 3.63) is 93.6 Å². The van der Waals surface area contributed by atoms with E-state index in [1.54, 1.807) is 25.3 Å². The molecular formula is C26H18BrNO3. The van der Waals surface area contributed by atoms with Gasteiger partial charge in [-0.25, -0.2) is 0 Å². The molecule has 152 valence electrons. The first-order chi connectivity index (χ1) is 15.1. The Kier molecular flexibility index (Phi) is 4.75. The maximum absolute atomic E-state index is 13.5. The van der Waals surface area contributed by atoms with Gasteiger partial charge in [-0.05, 0) is 47.5 Å². The normalized spacial score (nSPS) is 11.2. The number of ether oxygens (including phenoxy) is 1. The maximum Gasteiger partial charge on any atom is 0.200 e. The SMILES string of the molecule is COc1ccc2oc3c(-c4ccccc4)c(N)c(-c4cccc(Br)c4)cc3c(=O)c2c1. The molecule has 5 aromatic rings. The number of nitrogen functional groups attached to an aromatic ring is 1. The average Bonchev–Trinajstić information content (AvgIpc) is 2.79. The van der Waals surface area contributed by atoms with Crippen LogP contribution in [0.25, 0.3) is 44.2 Å². The van der Waals surface area contributed by atoms with E-state index in [4.69, 9.17) is 14.9 Å². The van der Waals surface area contributed by atoms with Crippen molar-refractivity contribution in [1.82, 2.24) is 0 Å². The van der Waals surface area contributed by atoms with Gasteiger partial charge in [-0.2, -0.15) is 0 Å². The quantitative estimate of drug-likeness (QED) is 0.236. The number of hydrogen-bond donors (Lipinski definition) is 1. The van der Waals surface area contributed by atoms with Crippen LogP contribution in [0.1, 0.15) is 0 Å². The summed E-state index contributed by atoms with van der Waals surface area (Å²) in [6.07, 6.45) is 0. The third-order valence-electron chi connectivity index (χ3n) is 5.41. The largest absolute Gasteiger partial charge is 0.497 e. The molecule has 31 heavy (non-hydrogen) atoms. The second-order valence-electron chi connectivity index (χ2n) is 7.26. The van der Waals surface area contributed by atoms with Gasteiger partial charge in [-0.3, -0.25) is 4.79 Å². The number of hydrogen-bond acceptors (Lipinski definition) is 4. The molecule has 5 heteroatoms. The second-order valence-corrected chi connectivity index (χ2v) is 8.17. The predicted molar refractivity (Wildman–Crippen MR) is 130 cm³/mol. The molecule has 0 radical (unpaired) electrons. The Hall–Kier alpha value is -3.57. The molecule has 1 heterocycles. The molecule has 4 nitrogen and oxygen atoms in total. The van der Waals surface area contributed by atoms with Crippen LogP contribution in [0.3, 0.4) is 0 Å². The molecule has 5 rings (SSSR count). The summed E-state index contributed by atoms with van der Waals surface area (Å²) < 4.78 is 12.5. The zero-order chi connectivity index (χ0) is 21.5. The van der Waals surface area contributed by atoms with E-state index in [1.807, 2.05) is 60.7 Å². The third-order valence-corrected chi connectivity index (χ3v) is 5.90. The molecule has 0 atom stereocenters. The standard InChI is InChI=1S/C26H18BrNO3/c1-30-18-10-11-22-20(13-18)25(29)21-14-19(16-8-5-9-17(27)12-16)24(28)23(26(21)31-22)15-6-3-2-4-7-15/h2-14H,28H2,1H3. The van der Waals surface area contributed by atoms with Crippen molar-refractivity contribution in [3.63, 3.8) is 0 Å². The molecule has 2 N–H and O–H groups in total. The van der Waals surface area contributed by atoms with Crippen LogP contribution in [0.4, 0.5) is 5.69 Å². The highest BCUT2D eigenvalue weighted by molar-refractivity contribution is 9.10. The average molecular weight is 472 g/mol. The second kappa shape index (κ2) is 7.60. The van der Waals surface area contributed by atoms with Crippen molar-refractivity contribution in [2.45, 2.75) is 0 Å². The predicted octanol–water partition coefficient (Wildman–Crippen LogP) is 6.63. The summed E-state index contributed by atoms with van der Waals surface area (Å²) in [4.78, 5) is 13.5. The lowest BCUT2D eigenvalue weighted by Crippen LogP contribution is -2.06. The Labute approximate surface area is 187 Å². The van der Waals surface area contributed by atoms with Gasteiger partial charge < -0.3 is 14.9 Å². The summed E-state index contributed by atoms with van der Waals surface area (Å²) in [5.41, 5.74) is 11.4. The van der Waals surface area contributed by atoms with Gasteiger partial charge in [0, 0.05) is 15.6 Å². The van der Waals surface area contributed by atoms with Gasteiger partial charge in [-0.15, -0.1) is 0 Å². The minimum Gasteiger partial charge on any atom is -0.497 e. The Morgan fingerprint density at radius 1 is 0.871 bits per heavy atom. The molecule has 0 aliphatic heterocycles. The highest BCUT2D eigenvalue weighted by atomic mass is 79.9. The summed E-state index contributed by atoms with van der Waals surface area (Å²) >= 11 is 3.53. The fourth-order valence-electron chi connectivity index (χ4n) is 3.90. The smallest absolute Gasteiger partial charge is 0.200 e. The van der Waals surface area contributed by atoms with Crippen LogP contribution in [0, 0.1) is 0 Å². The van der Waals surface area contributed by atoms with Gasteiger partial charge in [0.15, 0.2) is 0 Å². The van der Waals surface area contributed by atoms with Crippen molar-refractivity contribution < 1.29 is 9.15 Å². The van der Waals surface area contributed by atoms with Crippen molar-refractivity contribution in [2.24, 2.45) is 0 Å². The van der Waals surface area contributed by atoms with Crippen LogP contribution in [0.2, 0.25) is 0 Å². The van der Waals surface area contributed by atoms with Crippen LogP contribution in [-0.2, 0) is 0 Å². The molecule has 0 saturated carbocycles. The Morgan fingerprint density at radius 2 is 1.65 bits per heavy atom. The molecule has 1 aromatic heterocycles. The molecule has 0 amide bonds. The topological polar surface area (TPSA) is 65.5 Å². The minimum atomic E-state index is -0.122. The van der Waals surface area contributed by atoms with Crippen LogP contribution in [-0.4, -0.2) is 7.11 Å². The Balaban J connectivity index is 1.96. The van der Waals surface area contributed by atoms with Crippen LogP contribution < -0.4 is 15.9 Å². The molecular weight excluding hydrogens is 454 g/mol. The number of methoxy groups -OCH3 is 1. The van der Waals surface area contributed by atoms with Crippen LogP contribution in [0.15, 0.2) is 92.5 Å². The lowest BCUT2D eigenvalue weighted by atomic mass is 9.93. The van der Waals surface area contributed by atoms with E-state index in [9.17, 15) is 4.79 Å². The summed E-state index contributed by atoms with van der Waals surface area (Å²) in [5.74, 6) is 0.602. The first-order valence-corrected chi connectivity index (χ1v) is 10.5. The highest BCUT2D eigenvalue weighted by Gasteiger charge is 2.20. The number of halogens is 1. The summed E-state index contributed by atoms with van der Waals surface area (Å²) in [5, 5.41) is 0.944. The summed E-state index contributed by atoms with van der Waals surface area (Å²) in [7, 11) is 1.57. The molecule has 0 aliphatic rings. The van der Waals surface area contributed by atoms with Crippen LogP contribution in [0.5, 0.6) is 5.75 Å². The zero-order valence-corrected chi connectivity index (χ0v) is 18.3. The number of fused-ring (bicyclic) bond motifs is 2. The molecule has 0 fully saturated rings. The Morgan fingerprint density at radius 3 is 2.39 bits per heavy atom. The minimum absolute atomic E-state index is 0.122. The number of anilines is 1. The molecule has 0 bridgehead atoms. The highest BCUT2D eigenvalue weighted by Crippen LogP contribution is 2.41. The molecule has 0 saturated heterocycles. The van der Waals surface area contributed by atoms with E-state index >= 15 is 0 Å². The fraction of sp³-hybridized carbons (Fsp3) is 0.0385. The Bertz CT molecular complexity index is 1510. The van der Waals surface area contributed by atoms with E-state index in [1.165, 1.54) is 0 Å². The monoisotopic (exact) mass is 471 g/mol. The van der Waals surface area contributed by atoms with Crippen molar-refractivity contribution in [2.75, 3.05) is 12.8 Å². The van der Waals surface area contributed by atoms with E-state index in [2.05, 4.69) is 15.9 Å². The van der Waals surface area contributed by atoms with Gasteiger partial charge in [0.2, 0.25) is 5.43 Å². The van der Waals surface area contributed by atoms with Gasteiger partial charge >= 0.3 is 0 Å². The van der Waals surface area contributed by atoms with E-state index < -0.39 is 0 Å². The molecule has 4 aromatic carbocycles. The van der Waals surface area contributed by atoms with Crippen LogP contribution >= 0.6 is 15.9 Å². The van der Waals surface area contributed by atoms with Crippen molar-refractivity contribution in [3.8, 4) is 28.0 Å². The molecule has 0 unspecified atom stereocenters. The van der Waals surface area contributed by atoms with Gasteiger partial charge in [0.25, 0.3) is 0 Å². The first kappa shape index (κ1) is 19.4. The lowest BCUT2D eigenvalue weighted by Gasteiger charge is -2.15. The fourth-order valence-corrected chi connectivity index (χ4v) is 4.30. The summed E-state index contributed by atoms with van der Waals surface area (Å²) in [6, 6.07) is 24.7. The zero-order valence-electron chi connectivity index (χ0n) is 16.7. The van der Waals surface area contributed by atoms with Gasteiger partial charge in [0.1, 0.15) is 16.9 Å². The van der Waals surface area contributed by atoms with Crippen molar-refractivity contribution >= 4 is 43.6 Å². The lowest BCUT2D eigenvalue weighted by molar-refractivity contribution is 0.415. The molecule has 0 spiro atoms. The number of nitrogens with two attached hydrogens (primary N) is 1. The van der Waals surface area contributed by atoms with E-state index in [-0.39, 0.29) is 5.43 Å². The van der Waals surface area contributed by atoms with E-state index in [0.717, 1.165) is 21.2 Å². The van der Waals surface area contributed by atoms with Crippen molar-refractivity contribution in [1.29, 1.82) is 0 Å².